The average Bonchev–Trinajstić information content (AvgIpc) is 2.77. The van der Waals surface area contributed by atoms with Gasteiger partial charge in [0.2, 0.25) is 5.91 Å². The minimum absolute atomic E-state index is 0.0831. The van der Waals surface area contributed by atoms with Crippen LogP contribution in [0.3, 0.4) is 0 Å². The first kappa shape index (κ1) is 23.8. The summed E-state index contributed by atoms with van der Waals surface area (Å²) in [4.78, 5) is 27.9. The van der Waals surface area contributed by atoms with Crippen LogP contribution < -0.4 is 9.64 Å². The van der Waals surface area contributed by atoms with Gasteiger partial charge in [-0.2, -0.15) is 0 Å². The molecule has 1 fully saturated rings. The molecule has 1 saturated heterocycles. The molecule has 2 rings (SSSR count). The number of esters is 1. The summed E-state index contributed by atoms with van der Waals surface area (Å²) in [5.41, 5.74) is 1.09. The van der Waals surface area contributed by atoms with Crippen LogP contribution in [-0.4, -0.2) is 56.2 Å². The van der Waals surface area contributed by atoms with Crippen LogP contribution in [0.25, 0.3) is 0 Å². The van der Waals surface area contributed by atoms with Crippen LogP contribution in [0, 0.1) is 0 Å². The fourth-order valence-electron chi connectivity index (χ4n) is 3.44. The van der Waals surface area contributed by atoms with Crippen LogP contribution in [0.15, 0.2) is 36.4 Å². The molecule has 0 radical (unpaired) electrons. The maximum atomic E-state index is 12.4. The number of carbonyl (C=O) groups is 2. The largest absolute Gasteiger partial charge is 0.482 e. The zero-order chi connectivity index (χ0) is 21.6. The first-order valence-electron chi connectivity index (χ1n) is 11.2. The lowest BCUT2D eigenvalue weighted by atomic mass is 10.1. The second kappa shape index (κ2) is 13.7. The van der Waals surface area contributed by atoms with Crippen molar-refractivity contribution in [1.29, 1.82) is 0 Å². The summed E-state index contributed by atoms with van der Waals surface area (Å²) in [5.74, 6) is 0.388. The van der Waals surface area contributed by atoms with Gasteiger partial charge in [0.15, 0.2) is 6.61 Å². The molecule has 0 N–H and O–H groups in total. The van der Waals surface area contributed by atoms with E-state index in [1.807, 2.05) is 35.2 Å². The van der Waals surface area contributed by atoms with Crippen molar-refractivity contribution >= 4 is 17.6 Å². The number of anilines is 1. The number of rotatable bonds is 12. The lowest BCUT2D eigenvalue weighted by Gasteiger charge is -2.35. The Kier molecular flexibility index (Phi) is 10.8. The van der Waals surface area contributed by atoms with Crippen LogP contribution >= 0.6 is 0 Å². The Bertz CT molecular complexity index is 664. The van der Waals surface area contributed by atoms with Gasteiger partial charge in [-0.15, -0.1) is 0 Å². The second-order valence-electron chi connectivity index (χ2n) is 7.51. The Morgan fingerprint density at radius 2 is 1.67 bits per heavy atom. The van der Waals surface area contributed by atoms with Gasteiger partial charge in [-0.05, 0) is 50.1 Å². The molecule has 0 aliphatic carbocycles. The highest BCUT2D eigenvalue weighted by molar-refractivity contribution is 5.87. The van der Waals surface area contributed by atoms with Crippen molar-refractivity contribution in [2.24, 2.45) is 0 Å². The van der Waals surface area contributed by atoms with Crippen LogP contribution in [0.1, 0.15) is 52.4 Å². The summed E-state index contributed by atoms with van der Waals surface area (Å²) >= 11 is 0. The van der Waals surface area contributed by atoms with Gasteiger partial charge in [0, 0.05) is 31.9 Å². The van der Waals surface area contributed by atoms with Crippen LogP contribution in [-0.2, 0) is 14.3 Å². The van der Waals surface area contributed by atoms with Crippen molar-refractivity contribution in [3.05, 3.63) is 36.4 Å². The van der Waals surface area contributed by atoms with E-state index < -0.39 is 0 Å². The van der Waals surface area contributed by atoms with E-state index in [1.165, 1.54) is 25.7 Å². The quantitative estimate of drug-likeness (QED) is 0.290. The van der Waals surface area contributed by atoms with Gasteiger partial charge in [-0.3, -0.25) is 4.79 Å². The molecule has 0 spiro atoms. The van der Waals surface area contributed by atoms with Crippen molar-refractivity contribution in [3.63, 3.8) is 0 Å². The number of benzene rings is 1. The number of hydrogen-bond donors (Lipinski definition) is 0. The summed E-state index contributed by atoms with van der Waals surface area (Å²) < 4.78 is 10.3. The van der Waals surface area contributed by atoms with Crippen molar-refractivity contribution in [2.45, 2.75) is 52.4 Å². The number of nitrogens with zero attached hydrogens (tertiary/aromatic N) is 2. The molecular formula is C24H36N2O4. The first-order chi connectivity index (χ1) is 14.6. The van der Waals surface area contributed by atoms with Crippen molar-refractivity contribution < 1.29 is 19.1 Å². The second-order valence-corrected chi connectivity index (χ2v) is 7.51. The molecule has 0 atom stereocenters. The molecule has 0 bridgehead atoms. The molecule has 1 aromatic rings. The first-order valence-corrected chi connectivity index (χ1v) is 11.2. The molecule has 1 heterocycles. The highest BCUT2D eigenvalue weighted by Gasteiger charge is 2.19. The molecule has 30 heavy (non-hydrogen) atoms. The predicted octanol–water partition coefficient (Wildman–Crippen LogP) is 4.19. The van der Waals surface area contributed by atoms with Crippen LogP contribution in [0.4, 0.5) is 5.69 Å². The number of piperazine rings is 1. The van der Waals surface area contributed by atoms with Gasteiger partial charge < -0.3 is 19.3 Å². The van der Waals surface area contributed by atoms with E-state index in [9.17, 15) is 9.59 Å². The molecule has 1 aliphatic heterocycles. The van der Waals surface area contributed by atoms with E-state index in [-0.39, 0.29) is 18.5 Å². The molecule has 6 nitrogen and oxygen atoms in total. The minimum atomic E-state index is -0.368. The fourth-order valence-corrected chi connectivity index (χ4v) is 3.44. The number of amides is 1. The molecule has 0 unspecified atom stereocenters. The third-order valence-corrected chi connectivity index (χ3v) is 5.19. The van der Waals surface area contributed by atoms with Gasteiger partial charge >= 0.3 is 5.97 Å². The van der Waals surface area contributed by atoms with E-state index in [1.54, 1.807) is 13.0 Å². The Morgan fingerprint density at radius 1 is 0.967 bits per heavy atom. The van der Waals surface area contributed by atoms with E-state index in [0.29, 0.717) is 12.4 Å². The van der Waals surface area contributed by atoms with Crippen LogP contribution in [0.2, 0.25) is 0 Å². The highest BCUT2D eigenvalue weighted by atomic mass is 16.6. The summed E-state index contributed by atoms with van der Waals surface area (Å²) in [6.07, 6.45) is 11.0. The zero-order valence-electron chi connectivity index (χ0n) is 18.5. The lowest BCUT2D eigenvalue weighted by Crippen LogP contribution is -2.48. The summed E-state index contributed by atoms with van der Waals surface area (Å²) in [6, 6.07) is 7.68. The Morgan fingerprint density at radius 3 is 2.33 bits per heavy atom. The monoisotopic (exact) mass is 416 g/mol. The maximum absolute atomic E-state index is 12.4. The molecule has 166 valence electrons. The number of hydrogen-bond acceptors (Lipinski definition) is 5. The predicted molar refractivity (Wildman–Crippen MR) is 120 cm³/mol. The molecular weight excluding hydrogens is 380 g/mol. The molecule has 1 aromatic carbocycles. The van der Waals surface area contributed by atoms with E-state index in [2.05, 4.69) is 11.8 Å². The van der Waals surface area contributed by atoms with E-state index in [4.69, 9.17) is 9.47 Å². The topological polar surface area (TPSA) is 59.1 Å². The number of carbonyl (C=O) groups excluding carboxylic acids is 2. The molecule has 1 amide bonds. The van der Waals surface area contributed by atoms with Gasteiger partial charge in [-0.1, -0.05) is 38.7 Å². The Balaban J connectivity index is 1.69. The average molecular weight is 417 g/mol. The normalized spacial score (nSPS) is 14.2. The standard InChI is InChI=1S/C24H36N2O4/c1-3-5-6-7-8-9-10-11-23(27)26-18-16-25(17-19-26)21-12-14-22(15-13-21)30-20-24(28)29-4-2/h10-15H,3-9,16-20H2,1-2H3/b11-10+. The van der Waals surface area contributed by atoms with Crippen molar-refractivity contribution in [2.75, 3.05) is 44.3 Å². The molecule has 0 aromatic heterocycles. The van der Waals surface area contributed by atoms with E-state index in [0.717, 1.165) is 44.7 Å². The molecule has 6 heteroatoms. The van der Waals surface area contributed by atoms with Gasteiger partial charge in [-0.25, -0.2) is 4.79 Å². The van der Waals surface area contributed by atoms with E-state index >= 15 is 0 Å². The zero-order valence-corrected chi connectivity index (χ0v) is 18.5. The summed E-state index contributed by atoms with van der Waals surface area (Å²) in [6.45, 7) is 7.31. The van der Waals surface area contributed by atoms with Gasteiger partial charge in [0.1, 0.15) is 5.75 Å². The number of allylic oxidation sites excluding steroid dienone is 1. The van der Waals surface area contributed by atoms with Gasteiger partial charge in [0.25, 0.3) is 0 Å². The van der Waals surface area contributed by atoms with Crippen molar-refractivity contribution in [1.82, 2.24) is 4.90 Å². The smallest absolute Gasteiger partial charge is 0.344 e. The third kappa shape index (κ3) is 8.47. The fraction of sp³-hybridized carbons (Fsp3) is 0.583. The Hall–Kier alpha value is -2.50. The highest BCUT2D eigenvalue weighted by Crippen LogP contribution is 2.21. The summed E-state index contributed by atoms with van der Waals surface area (Å²) in [7, 11) is 0. The molecule has 0 saturated carbocycles. The lowest BCUT2D eigenvalue weighted by molar-refractivity contribution is -0.145. The number of ether oxygens (including phenoxy) is 2. The Labute approximate surface area is 180 Å². The van der Waals surface area contributed by atoms with Crippen LogP contribution in [0.5, 0.6) is 5.75 Å². The van der Waals surface area contributed by atoms with Crippen molar-refractivity contribution in [3.8, 4) is 5.75 Å². The third-order valence-electron chi connectivity index (χ3n) is 5.19. The SMILES string of the molecule is CCCCCCC/C=C/C(=O)N1CCN(c2ccc(OCC(=O)OCC)cc2)CC1. The van der Waals surface area contributed by atoms with Gasteiger partial charge in [0.05, 0.1) is 6.61 Å². The minimum Gasteiger partial charge on any atom is -0.482 e. The number of unbranched alkanes of at least 4 members (excludes halogenated alkanes) is 5. The maximum Gasteiger partial charge on any atom is 0.344 e. The molecule has 1 aliphatic rings. The summed E-state index contributed by atoms with van der Waals surface area (Å²) in [5, 5.41) is 0.